The minimum absolute atomic E-state index is 0.0674. The molecular formula is C13H16ClN3O. The lowest BCUT2D eigenvalue weighted by Crippen LogP contribution is -2.33. The van der Waals surface area contributed by atoms with Gasteiger partial charge in [-0.25, -0.2) is 4.99 Å². The molecule has 2 N–H and O–H groups in total. The van der Waals surface area contributed by atoms with Gasteiger partial charge in [0, 0.05) is 18.7 Å². The predicted octanol–water partition coefficient (Wildman–Crippen LogP) is 2.21. The number of nitrogens with zero attached hydrogens (tertiary/aromatic N) is 2. The van der Waals surface area contributed by atoms with Crippen molar-refractivity contribution in [2.24, 2.45) is 10.7 Å². The Morgan fingerprint density at radius 3 is 2.94 bits per heavy atom. The van der Waals surface area contributed by atoms with Crippen LogP contribution in [0, 0.1) is 0 Å². The molecule has 1 heterocycles. The van der Waals surface area contributed by atoms with E-state index in [4.69, 9.17) is 17.3 Å². The molecule has 0 bridgehead atoms. The first kappa shape index (κ1) is 12.9. The Hall–Kier alpha value is -1.55. The van der Waals surface area contributed by atoms with Crippen LogP contribution < -0.4 is 10.6 Å². The van der Waals surface area contributed by atoms with Gasteiger partial charge >= 0.3 is 0 Å². The molecule has 0 spiro atoms. The Morgan fingerprint density at radius 1 is 1.61 bits per heavy atom. The maximum absolute atomic E-state index is 11.6. The Bertz CT molecular complexity index is 513. The van der Waals surface area contributed by atoms with Gasteiger partial charge in [-0.15, -0.1) is 11.6 Å². The zero-order valence-electron chi connectivity index (χ0n) is 10.5. The third kappa shape index (κ3) is 2.34. The summed E-state index contributed by atoms with van der Waals surface area (Å²) in [6, 6.07) is 5.93. The number of carbonyl (C=O) groups is 1. The van der Waals surface area contributed by atoms with Crippen molar-refractivity contribution in [2.75, 3.05) is 10.8 Å². The highest BCUT2D eigenvalue weighted by atomic mass is 35.5. The topological polar surface area (TPSA) is 58.7 Å². The summed E-state index contributed by atoms with van der Waals surface area (Å²) in [6.45, 7) is 3.63. The standard InChI is InChI=1S/C13H16ClN3O/c1-8-5-10-6-11(16-13(15)7-14)3-4-12(10)17(8)9(2)18/h3-4,6,8H,5,7H2,1-2H3,(H2,15,16). The summed E-state index contributed by atoms with van der Waals surface area (Å²) in [7, 11) is 0. The number of halogens is 1. The number of nitrogens with two attached hydrogens (primary N) is 1. The number of alkyl halides is 1. The van der Waals surface area contributed by atoms with Crippen LogP contribution in [0.5, 0.6) is 0 Å². The third-order valence-corrected chi connectivity index (χ3v) is 3.30. The van der Waals surface area contributed by atoms with Crippen LogP contribution >= 0.6 is 11.6 Å². The van der Waals surface area contributed by atoms with Gasteiger partial charge in [-0.3, -0.25) is 4.79 Å². The lowest BCUT2D eigenvalue weighted by molar-refractivity contribution is -0.116. The van der Waals surface area contributed by atoms with E-state index in [1.807, 2.05) is 30.0 Å². The smallest absolute Gasteiger partial charge is 0.224 e. The number of benzene rings is 1. The summed E-state index contributed by atoms with van der Waals surface area (Å²) < 4.78 is 0. The molecule has 0 aromatic heterocycles. The Balaban J connectivity index is 2.36. The number of aliphatic imine (C=N–C) groups is 1. The molecular weight excluding hydrogens is 250 g/mol. The van der Waals surface area contributed by atoms with E-state index < -0.39 is 0 Å². The van der Waals surface area contributed by atoms with Crippen LogP contribution in [-0.4, -0.2) is 23.7 Å². The first-order chi connectivity index (χ1) is 8.52. The van der Waals surface area contributed by atoms with Crippen LogP contribution in [0.4, 0.5) is 11.4 Å². The number of anilines is 1. The molecule has 0 saturated heterocycles. The Morgan fingerprint density at radius 2 is 2.33 bits per heavy atom. The predicted molar refractivity (Wildman–Crippen MR) is 74.8 cm³/mol. The molecule has 0 radical (unpaired) electrons. The minimum atomic E-state index is 0.0674. The quantitative estimate of drug-likeness (QED) is 0.506. The average Bonchev–Trinajstić information content (AvgIpc) is 2.64. The maximum Gasteiger partial charge on any atom is 0.224 e. The fourth-order valence-corrected chi connectivity index (χ4v) is 2.42. The van der Waals surface area contributed by atoms with Crippen molar-refractivity contribution in [1.82, 2.24) is 0 Å². The van der Waals surface area contributed by atoms with E-state index in [0.29, 0.717) is 5.84 Å². The van der Waals surface area contributed by atoms with E-state index in [2.05, 4.69) is 4.99 Å². The molecule has 1 unspecified atom stereocenters. The Labute approximate surface area is 111 Å². The number of fused-ring (bicyclic) bond motifs is 1. The normalized spacial score (nSPS) is 18.9. The first-order valence-electron chi connectivity index (χ1n) is 5.84. The molecule has 2 rings (SSSR count). The third-order valence-electron chi connectivity index (χ3n) is 3.03. The van der Waals surface area contributed by atoms with Crippen LogP contribution in [0.15, 0.2) is 23.2 Å². The molecule has 0 aliphatic carbocycles. The number of amidine groups is 1. The van der Waals surface area contributed by atoms with Crippen molar-refractivity contribution in [1.29, 1.82) is 0 Å². The van der Waals surface area contributed by atoms with E-state index >= 15 is 0 Å². The molecule has 1 atom stereocenters. The number of rotatable bonds is 2. The fourth-order valence-electron chi connectivity index (χ4n) is 2.36. The van der Waals surface area contributed by atoms with E-state index in [1.54, 1.807) is 6.92 Å². The van der Waals surface area contributed by atoms with E-state index in [9.17, 15) is 4.79 Å². The highest BCUT2D eigenvalue weighted by Gasteiger charge is 2.28. The molecule has 0 fully saturated rings. The summed E-state index contributed by atoms with van der Waals surface area (Å²) in [6.07, 6.45) is 0.846. The second-order valence-corrected chi connectivity index (χ2v) is 4.76. The molecule has 1 aromatic rings. The molecule has 96 valence electrons. The lowest BCUT2D eigenvalue weighted by Gasteiger charge is -2.20. The average molecular weight is 266 g/mol. The monoisotopic (exact) mass is 265 g/mol. The number of hydrogen-bond donors (Lipinski definition) is 1. The van der Waals surface area contributed by atoms with Crippen molar-refractivity contribution in [2.45, 2.75) is 26.3 Å². The fraction of sp³-hybridized carbons (Fsp3) is 0.385. The van der Waals surface area contributed by atoms with E-state index in [0.717, 1.165) is 23.4 Å². The second-order valence-electron chi connectivity index (χ2n) is 4.49. The van der Waals surface area contributed by atoms with Gasteiger partial charge in [0.2, 0.25) is 5.91 Å². The zero-order chi connectivity index (χ0) is 13.3. The van der Waals surface area contributed by atoms with Crippen molar-refractivity contribution in [3.05, 3.63) is 23.8 Å². The van der Waals surface area contributed by atoms with Crippen molar-refractivity contribution in [3.8, 4) is 0 Å². The largest absolute Gasteiger partial charge is 0.386 e. The van der Waals surface area contributed by atoms with E-state index in [1.165, 1.54) is 0 Å². The molecule has 1 aliphatic rings. The highest BCUT2D eigenvalue weighted by Crippen LogP contribution is 2.34. The maximum atomic E-state index is 11.6. The summed E-state index contributed by atoms with van der Waals surface area (Å²) in [5.41, 5.74) is 8.49. The van der Waals surface area contributed by atoms with Crippen molar-refractivity contribution in [3.63, 3.8) is 0 Å². The van der Waals surface area contributed by atoms with Gasteiger partial charge in [0.1, 0.15) is 5.84 Å². The van der Waals surface area contributed by atoms with Gasteiger partial charge < -0.3 is 10.6 Å². The minimum Gasteiger partial charge on any atom is -0.386 e. The van der Waals surface area contributed by atoms with Gasteiger partial charge in [0.15, 0.2) is 0 Å². The highest BCUT2D eigenvalue weighted by molar-refractivity contribution is 6.28. The van der Waals surface area contributed by atoms with Gasteiger partial charge in [-0.05, 0) is 37.1 Å². The van der Waals surface area contributed by atoms with Crippen LogP contribution in [0.3, 0.4) is 0 Å². The molecule has 0 saturated carbocycles. The number of hydrogen-bond acceptors (Lipinski definition) is 2. The molecule has 1 aromatic carbocycles. The SMILES string of the molecule is CC(=O)N1c2ccc(N=C(N)CCl)cc2CC1C. The lowest BCUT2D eigenvalue weighted by atomic mass is 10.1. The van der Waals surface area contributed by atoms with Crippen LogP contribution in [0.2, 0.25) is 0 Å². The molecule has 1 aliphatic heterocycles. The van der Waals surface area contributed by atoms with Crippen LogP contribution in [0.1, 0.15) is 19.4 Å². The van der Waals surface area contributed by atoms with Crippen LogP contribution in [-0.2, 0) is 11.2 Å². The van der Waals surface area contributed by atoms with Crippen LogP contribution in [0.25, 0.3) is 0 Å². The van der Waals surface area contributed by atoms with Crippen molar-refractivity contribution >= 4 is 34.7 Å². The number of amides is 1. The van der Waals surface area contributed by atoms with Gasteiger partial charge in [-0.2, -0.15) is 0 Å². The van der Waals surface area contributed by atoms with Crippen molar-refractivity contribution < 1.29 is 4.79 Å². The number of carbonyl (C=O) groups excluding carboxylic acids is 1. The molecule has 18 heavy (non-hydrogen) atoms. The zero-order valence-corrected chi connectivity index (χ0v) is 11.2. The van der Waals surface area contributed by atoms with E-state index in [-0.39, 0.29) is 17.8 Å². The summed E-state index contributed by atoms with van der Waals surface area (Å²) >= 11 is 5.60. The van der Waals surface area contributed by atoms with Gasteiger partial charge in [-0.1, -0.05) is 0 Å². The summed E-state index contributed by atoms with van der Waals surface area (Å²) in [5, 5.41) is 0. The second kappa shape index (κ2) is 4.98. The first-order valence-corrected chi connectivity index (χ1v) is 6.38. The summed E-state index contributed by atoms with van der Waals surface area (Å²) in [4.78, 5) is 17.6. The van der Waals surface area contributed by atoms with Gasteiger partial charge in [0.05, 0.1) is 11.6 Å². The molecule has 4 nitrogen and oxygen atoms in total. The molecule has 1 amide bonds. The Kier molecular flexibility index (Phi) is 3.57. The summed E-state index contributed by atoms with van der Waals surface area (Å²) in [5.74, 6) is 0.677. The molecule has 5 heteroatoms. The van der Waals surface area contributed by atoms with Gasteiger partial charge in [0.25, 0.3) is 0 Å².